The van der Waals surface area contributed by atoms with Crippen molar-refractivity contribution in [2.75, 3.05) is 18.0 Å². The van der Waals surface area contributed by atoms with Gasteiger partial charge >= 0.3 is 0 Å². The highest BCUT2D eigenvalue weighted by atomic mass is 35.5. The van der Waals surface area contributed by atoms with Crippen LogP contribution < -0.4 is 4.90 Å². The van der Waals surface area contributed by atoms with Crippen LogP contribution >= 0.6 is 22.9 Å². The van der Waals surface area contributed by atoms with Gasteiger partial charge in [0, 0.05) is 13.1 Å². The molecule has 0 saturated carbocycles. The summed E-state index contributed by atoms with van der Waals surface area (Å²) in [6.07, 6.45) is 1.24. The van der Waals surface area contributed by atoms with Crippen LogP contribution in [0.2, 0.25) is 5.02 Å². The number of carbonyl (C=O) groups excluding carboxylic acids is 1. The topological polar surface area (TPSA) is 70.6 Å². The highest BCUT2D eigenvalue weighted by molar-refractivity contribution is 7.89. The van der Waals surface area contributed by atoms with Crippen LogP contribution in [0.1, 0.15) is 18.4 Å². The molecule has 2 heterocycles. The molecule has 0 bridgehead atoms. The van der Waals surface area contributed by atoms with E-state index in [1.807, 2.05) is 42.5 Å². The Kier molecular flexibility index (Phi) is 6.88. The molecule has 1 unspecified atom stereocenters. The maximum atomic E-state index is 13.9. The van der Waals surface area contributed by atoms with E-state index in [2.05, 4.69) is 0 Å². The molecule has 0 spiro atoms. The number of amides is 1. The zero-order valence-corrected chi connectivity index (χ0v) is 21.3. The number of hydrogen-bond donors (Lipinski definition) is 0. The lowest BCUT2D eigenvalue weighted by molar-refractivity contribution is -0.123. The number of benzene rings is 3. The number of nitrogens with zero attached hydrogens (tertiary/aromatic N) is 3. The van der Waals surface area contributed by atoms with Crippen molar-refractivity contribution in [2.24, 2.45) is 5.92 Å². The van der Waals surface area contributed by atoms with E-state index in [0.717, 1.165) is 10.3 Å². The Morgan fingerprint density at radius 1 is 1.03 bits per heavy atom. The molecule has 1 aromatic heterocycles. The summed E-state index contributed by atoms with van der Waals surface area (Å²) in [5, 5.41) is 1.10. The van der Waals surface area contributed by atoms with Gasteiger partial charge in [-0.3, -0.25) is 9.69 Å². The summed E-state index contributed by atoms with van der Waals surface area (Å²) < 4.78 is 28.8. The Bertz CT molecular complexity index is 1440. The molecule has 1 aliphatic rings. The third-order valence-corrected chi connectivity index (χ3v) is 9.38. The van der Waals surface area contributed by atoms with Gasteiger partial charge in [-0.2, -0.15) is 4.31 Å². The summed E-state index contributed by atoms with van der Waals surface area (Å²) in [7, 11) is -3.67. The minimum Gasteiger partial charge on any atom is -0.283 e. The van der Waals surface area contributed by atoms with Crippen LogP contribution in [0, 0.1) is 5.92 Å². The quantitative estimate of drug-likeness (QED) is 0.329. The molecule has 180 valence electrons. The van der Waals surface area contributed by atoms with E-state index in [-0.39, 0.29) is 17.3 Å². The number of sulfonamides is 1. The zero-order chi connectivity index (χ0) is 24.4. The first-order valence-corrected chi connectivity index (χ1v) is 14.0. The predicted molar refractivity (Wildman–Crippen MR) is 140 cm³/mol. The number of halogens is 1. The van der Waals surface area contributed by atoms with E-state index in [1.54, 1.807) is 41.3 Å². The first-order valence-electron chi connectivity index (χ1n) is 11.4. The fourth-order valence-corrected chi connectivity index (χ4v) is 7.16. The maximum absolute atomic E-state index is 13.9. The van der Waals surface area contributed by atoms with E-state index in [1.165, 1.54) is 15.6 Å². The van der Waals surface area contributed by atoms with Crippen LogP contribution in [0.5, 0.6) is 0 Å². The zero-order valence-electron chi connectivity index (χ0n) is 18.9. The smallest absolute Gasteiger partial charge is 0.243 e. The third kappa shape index (κ3) is 4.97. The number of piperidine rings is 1. The Balaban J connectivity index is 1.46. The second-order valence-corrected chi connectivity index (χ2v) is 11.9. The van der Waals surface area contributed by atoms with Gasteiger partial charge in [0.1, 0.15) is 5.52 Å². The van der Waals surface area contributed by atoms with Crippen LogP contribution in [0.15, 0.2) is 83.8 Å². The number of thiazole rings is 1. The van der Waals surface area contributed by atoms with E-state index in [0.29, 0.717) is 41.6 Å². The molecule has 4 aromatic rings. The average molecular weight is 526 g/mol. The van der Waals surface area contributed by atoms with Gasteiger partial charge in [-0.05, 0) is 42.7 Å². The van der Waals surface area contributed by atoms with Gasteiger partial charge in [0.15, 0.2) is 5.13 Å². The molecule has 1 saturated heterocycles. The second kappa shape index (κ2) is 10.1. The second-order valence-electron chi connectivity index (χ2n) is 8.51. The normalized spacial score (nSPS) is 16.9. The number of carbonyl (C=O) groups is 1. The first-order chi connectivity index (χ1) is 16.9. The summed E-state index contributed by atoms with van der Waals surface area (Å²) >= 11 is 7.77. The Morgan fingerprint density at radius 3 is 2.46 bits per heavy atom. The highest BCUT2D eigenvalue weighted by Gasteiger charge is 2.36. The summed E-state index contributed by atoms with van der Waals surface area (Å²) in [4.78, 5) is 20.5. The number of anilines is 1. The van der Waals surface area contributed by atoms with Crippen LogP contribution in [0.3, 0.4) is 0 Å². The van der Waals surface area contributed by atoms with E-state index < -0.39 is 15.9 Å². The number of hydrogen-bond acceptors (Lipinski definition) is 5. The molecular formula is C26H24ClN3O3S2. The first kappa shape index (κ1) is 23.9. The van der Waals surface area contributed by atoms with Crippen LogP contribution in [0.4, 0.5) is 5.13 Å². The third-order valence-electron chi connectivity index (χ3n) is 6.15. The lowest BCUT2D eigenvalue weighted by Crippen LogP contribution is -2.46. The van der Waals surface area contributed by atoms with Gasteiger partial charge < -0.3 is 0 Å². The highest BCUT2D eigenvalue weighted by Crippen LogP contribution is 2.35. The van der Waals surface area contributed by atoms with Gasteiger partial charge in [-0.25, -0.2) is 13.4 Å². The van der Waals surface area contributed by atoms with Crippen molar-refractivity contribution in [2.45, 2.75) is 24.3 Å². The Hall–Kier alpha value is -2.78. The van der Waals surface area contributed by atoms with Crippen LogP contribution in [-0.4, -0.2) is 36.7 Å². The van der Waals surface area contributed by atoms with Crippen molar-refractivity contribution >= 4 is 54.2 Å². The molecule has 5 rings (SSSR count). The molecule has 0 radical (unpaired) electrons. The van der Waals surface area contributed by atoms with Gasteiger partial charge in [0.2, 0.25) is 15.9 Å². The lowest BCUT2D eigenvalue weighted by Gasteiger charge is -2.33. The molecule has 0 N–H and O–H groups in total. The number of rotatable bonds is 6. The maximum Gasteiger partial charge on any atom is 0.243 e. The molecule has 6 nitrogen and oxygen atoms in total. The standard InChI is InChI=1S/C26H24ClN3O3S2/c27-22-14-7-15-23-24(22)28-26(34-23)30(17-19-9-3-1-4-10-19)25(31)20-11-8-16-29(18-20)35(32,33)21-12-5-2-6-13-21/h1-7,9-10,12-15,20H,8,11,16-18H2. The summed E-state index contributed by atoms with van der Waals surface area (Å²) in [5.74, 6) is -0.592. The van der Waals surface area contributed by atoms with E-state index >= 15 is 0 Å². The van der Waals surface area contributed by atoms with Crippen molar-refractivity contribution in [1.82, 2.24) is 9.29 Å². The predicted octanol–water partition coefficient (Wildman–Crippen LogP) is 5.58. The molecule has 1 amide bonds. The van der Waals surface area contributed by atoms with Crippen LogP contribution in [0.25, 0.3) is 10.2 Å². The Labute approximate surface area is 213 Å². The van der Waals surface area contributed by atoms with E-state index in [4.69, 9.17) is 16.6 Å². The van der Waals surface area contributed by atoms with Crippen molar-refractivity contribution in [1.29, 1.82) is 0 Å². The monoisotopic (exact) mass is 525 g/mol. The Morgan fingerprint density at radius 2 is 1.74 bits per heavy atom. The SMILES string of the molecule is O=C(C1CCCN(S(=O)(=O)c2ccccc2)C1)N(Cc1ccccc1)c1nc2c(Cl)cccc2s1. The molecule has 1 aliphatic heterocycles. The van der Waals surface area contributed by atoms with Crippen molar-refractivity contribution in [3.05, 3.63) is 89.4 Å². The van der Waals surface area contributed by atoms with Crippen molar-refractivity contribution < 1.29 is 13.2 Å². The van der Waals surface area contributed by atoms with Crippen LogP contribution in [-0.2, 0) is 21.4 Å². The summed E-state index contributed by atoms with van der Waals surface area (Å²) in [6.45, 7) is 0.891. The van der Waals surface area contributed by atoms with Gasteiger partial charge in [0.05, 0.1) is 27.1 Å². The fraction of sp³-hybridized carbons (Fsp3) is 0.231. The van der Waals surface area contributed by atoms with Gasteiger partial charge in [-0.15, -0.1) is 0 Å². The minimum atomic E-state index is -3.67. The average Bonchev–Trinajstić information content (AvgIpc) is 3.33. The molecule has 9 heteroatoms. The molecule has 35 heavy (non-hydrogen) atoms. The fourth-order valence-electron chi connectivity index (χ4n) is 4.35. The number of aromatic nitrogens is 1. The van der Waals surface area contributed by atoms with Gasteiger partial charge in [-0.1, -0.05) is 77.5 Å². The largest absolute Gasteiger partial charge is 0.283 e. The molecule has 3 aromatic carbocycles. The molecule has 0 aliphatic carbocycles. The van der Waals surface area contributed by atoms with E-state index in [9.17, 15) is 13.2 Å². The molecule has 1 fully saturated rings. The lowest BCUT2D eigenvalue weighted by atomic mass is 9.98. The summed E-state index contributed by atoms with van der Waals surface area (Å²) in [5.41, 5.74) is 1.63. The number of fused-ring (bicyclic) bond motifs is 1. The van der Waals surface area contributed by atoms with Gasteiger partial charge in [0.25, 0.3) is 0 Å². The minimum absolute atomic E-state index is 0.128. The van der Waals surface area contributed by atoms with Crippen molar-refractivity contribution in [3.63, 3.8) is 0 Å². The molecule has 1 atom stereocenters. The summed E-state index contributed by atoms with van der Waals surface area (Å²) in [6, 6.07) is 23.7. The van der Waals surface area contributed by atoms with Crippen molar-refractivity contribution in [3.8, 4) is 0 Å². The number of para-hydroxylation sites is 1. The molecular weight excluding hydrogens is 502 g/mol.